The van der Waals surface area contributed by atoms with E-state index in [1.807, 2.05) is 17.0 Å². The summed E-state index contributed by atoms with van der Waals surface area (Å²) in [4.78, 5) is 35.0. The van der Waals surface area contributed by atoms with Gasteiger partial charge >= 0.3 is 0 Å². The molecule has 0 saturated carbocycles. The summed E-state index contributed by atoms with van der Waals surface area (Å²) in [6.07, 6.45) is 4.21. The quantitative estimate of drug-likeness (QED) is 0.401. The van der Waals surface area contributed by atoms with E-state index in [0.717, 1.165) is 43.7 Å². The van der Waals surface area contributed by atoms with Crippen LogP contribution in [0.1, 0.15) is 63.6 Å². The Balaban J connectivity index is 1.26. The first-order chi connectivity index (χ1) is 21.2. The van der Waals surface area contributed by atoms with Crippen molar-refractivity contribution in [2.75, 3.05) is 39.3 Å². The molecular formula is C36H52FN5O2. The van der Waals surface area contributed by atoms with E-state index in [1.165, 1.54) is 30.5 Å². The molecule has 0 aliphatic carbocycles. The summed E-state index contributed by atoms with van der Waals surface area (Å²) < 4.78 is 13.7. The van der Waals surface area contributed by atoms with Crippen LogP contribution in [0.4, 0.5) is 4.39 Å². The third-order valence-electron chi connectivity index (χ3n) is 9.53. The van der Waals surface area contributed by atoms with E-state index in [1.54, 1.807) is 12.1 Å². The van der Waals surface area contributed by atoms with Crippen molar-refractivity contribution >= 4 is 11.8 Å². The standard InChI is InChI=1S/C36H52FN5O2/c1-25(2)22-40-16-13-31(14-17-40)42(23-26(3)4)32-15-18-41(24-32)36(44)34(19-27-9-11-30(37)12-10-27)39-35(43)33-20-28-7-5-6-8-29(28)21-38-33/h5-12,25-26,31-34,38H,13-24H2,1-4H3,(H,39,43)/t32-,33+,34+/m0/s1. The summed E-state index contributed by atoms with van der Waals surface area (Å²) in [6.45, 7) is 15.6. The normalized spacial score (nSPS) is 22.0. The van der Waals surface area contributed by atoms with Crippen LogP contribution in [0.2, 0.25) is 0 Å². The molecule has 5 rings (SSSR count). The molecule has 8 heteroatoms. The Labute approximate surface area is 263 Å². The van der Waals surface area contributed by atoms with Gasteiger partial charge in [-0.25, -0.2) is 4.39 Å². The van der Waals surface area contributed by atoms with Gasteiger partial charge in [-0.1, -0.05) is 64.1 Å². The Morgan fingerprint density at radius 1 is 0.932 bits per heavy atom. The van der Waals surface area contributed by atoms with Gasteiger partial charge in [0, 0.05) is 51.2 Å². The number of piperidine rings is 1. The molecule has 7 nitrogen and oxygen atoms in total. The maximum absolute atomic E-state index is 14.1. The molecule has 3 aliphatic heterocycles. The largest absolute Gasteiger partial charge is 0.343 e. The van der Waals surface area contributed by atoms with Crippen LogP contribution in [-0.2, 0) is 29.0 Å². The topological polar surface area (TPSA) is 67.9 Å². The molecule has 44 heavy (non-hydrogen) atoms. The van der Waals surface area contributed by atoms with E-state index in [2.05, 4.69) is 60.3 Å². The predicted octanol–water partition coefficient (Wildman–Crippen LogP) is 4.25. The fourth-order valence-corrected chi connectivity index (χ4v) is 7.37. The molecule has 0 unspecified atom stereocenters. The number of rotatable bonds is 11. The minimum Gasteiger partial charge on any atom is -0.343 e. The fourth-order valence-electron chi connectivity index (χ4n) is 7.37. The number of likely N-dealkylation sites (tertiary alicyclic amines) is 2. The third kappa shape index (κ3) is 8.46. The number of benzene rings is 2. The van der Waals surface area contributed by atoms with Crippen molar-refractivity contribution in [2.24, 2.45) is 11.8 Å². The van der Waals surface area contributed by atoms with Gasteiger partial charge in [-0.15, -0.1) is 0 Å². The van der Waals surface area contributed by atoms with Crippen molar-refractivity contribution in [3.63, 3.8) is 0 Å². The number of nitrogens with one attached hydrogen (secondary N) is 2. The van der Waals surface area contributed by atoms with Crippen molar-refractivity contribution in [1.29, 1.82) is 0 Å². The van der Waals surface area contributed by atoms with Crippen LogP contribution in [0.3, 0.4) is 0 Å². The summed E-state index contributed by atoms with van der Waals surface area (Å²) in [5.41, 5.74) is 3.20. The molecule has 2 amide bonds. The molecule has 2 N–H and O–H groups in total. The van der Waals surface area contributed by atoms with E-state index in [4.69, 9.17) is 0 Å². The number of nitrogens with zero attached hydrogens (tertiary/aromatic N) is 3. The average molecular weight is 606 g/mol. The lowest BCUT2D eigenvalue weighted by Crippen LogP contribution is -2.56. The van der Waals surface area contributed by atoms with Crippen molar-refractivity contribution in [1.82, 2.24) is 25.3 Å². The lowest BCUT2D eigenvalue weighted by Gasteiger charge is -2.42. The summed E-state index contributed by atoms with van der Waals surface area (Å²) >= 11 is 0. The van der Waals surface area contributed by atoms with E-state index < -0.39 is 12.1 Å². The number of amides is 2. The first kappa shape index (κ1) is 32.6. The number of carbonyl (C=O) groups is 2. The number of carbonyl (C=O) groups excluding carboxylic acids is 2. The second-order valence-corrected chi connectivity index (χ2v) is 14.0. The van der Waals surface area contributed by atoms with Crippen LogP contribution >= 0.6 is 0 Å². The molecule has 0 aromatic heterocycles. The zero-order valence-corrected chi connectivity index (χ0v) is 27.1. The molecule has 3 aliphatic rings. The van der Waals surface area contributed by atoms with E-state index >= 15 is 0 Å². The maximum Gasteiger partial charge on any atom is 0.245 e. The Hall–Kier alpha value is -2.81. The summed E-state index contributed by atoms with van der Waals surface area (Å²) in [5.74, 6) is 0.712. The summed E-state index contributed by atoms with van der Waals surface area (Å²) in [5, 5.41) is 6.47. The van der Waals surface area contributed by atoms with Crippen molar-refractivity contribution < 1.29 is 14.0 Å². The van der Waals surface area contributed by atoms with Gasteiger partial charge in [0.05, 0.1) is 6.04 Å². The number of fused-ring (bicyclic) bond motifs is 1. The van der Waals surface area contributed by atoms with Gasteiger partial charge in [-0.3, -0.25) is 14.5 Å². The maximum atomic E-state index is 14.1. The van der Waals surface area contributed by atoms with Crippen molar-refractivity contribution in [3.05, 3.63) is 71.0 Å². The molecule has 240 valence electrons. The van der Waals surface area contributed by atoms with Gasteiger partial charge < -0.3 is 20.4 Å². The van der Waals surface area contributed by atoms with Gasteiger partial charge in [-0.2, -0.15) is 0 Å². The third-order valence-corrected chi connectivity index (χ3v) is 9.53. The molecule has 0 spiro atoms. The molecule has 2 aromatic carbocycles. The zero-order valence-electron chi connectivity index (χ0n) is 27.1. The highest BCUT2D eigenvalue weighted by atomic mass is 19.1. The second-order valence-electron chi connectivity index (χ2n) is 14.0. The van der Waals surface area contributed by atoms with Crippen LogP contribution in [-0.4, -0.2) is 89.9 Å². The minimum absolute atomic E-state index is 0.0439. The SMILES string of the molecule is CC(C)CN1CCC(N(CC(C)C)[C@H]2CCN(C(=O)[C@@H](Cc3ccc(F)cc3)NC(=O)[C@H]3Cc4ccccc4CN3)C2)CC1. The second kappa shape index (κ2) is 15.0. The first-order valence-corrected chi connectivity index (χ1v) is 16.8. The number of hydrogen-bond donors (Lipinski definition) is 2. The van der Waals surface area contributed by atoms with Crippen LogP contribution in [0.15, 0.2) is 48.5 Å². The Morgan fingerprint density at radius 2 is 1.61 bits per heavy atom. The summed E-state index contributed by atoms with van der Waals surface area (Å²) in [6, 6.07) is 14.2. The highest BCUT2D eigenvalue weighted by Gasteiger charge is 2.38. The highest BCUT2D eigenvalue weighted by molar-refractivity contribution is 5.90. The van der Waals surface area contributed by atoms with Crippen LogP contribution < -0.4 is 10.6 Å². The lowest BCUT2D eigenvalue weighted by molar-refractivity contribution is -0.136. The molecule has 0 bridgehead atoms. The van der Waals surface area contributed by atoms with E-state index in [0.29, 0.717) is 56.4 Å². The van der Waals surface area contributed by atoms with Crippen molar-refractivity contribution in [2.45, 2.75) is 90.5 Å². The molecule has 2 fully saturated rings. The van der Waals surface area contributed by atoms with Gasteiger partial charge in [0.1, 0.15) is 11.9 Å². The van der Waals surface area contributed by atoms with E-state index in [9.17, 15) is 14.0 Å². The Morgan fingerprint density at radius 3 is 2.30 bits per heavy atom. The van der Waals surface area contributed by atoms with Crippen LogP contribution in [0.25, 0.3) is 0 Å². The fraction of sp³-hybridized carbons (Fsp3) is 0.611. The van der Waals surface area contributed by atoms with E-state index in [-0.39, 0.29) is 17.6 Å². The van der Waals surface area contributed by atoms with Gasteiger partial charge in [0.2, 0.25) is 11.8 Å². The summed E-state index contributed by atoms with van der Waals surface area (Å²) in [7, 11) is 0. The van der Waals surface area contributed by atoms with Crippen molar-refractivity contribution in [3.8, 4) is 0 Å². The van der Waals surface area contributed by atoms with Gasteiger partial charge in [0.25, 0.3) is 0 Å². The van der Waals surface area contributed by atoms with Gasteiger partial charge in [0.15, 0.2) is 0 Å². The number of halogens is 1. The Kier molecular flexibility index (Phi) is 11.1. The molecule has 3 heterocycles. The van der Waals surface area contributed by atoms with Crippen LogP contribution in [0, 0.1) is 17.7 Å². The molecule has 2 aromatic rings. The van der Waals surface area contributed by atoms with Gasteiger partial charge in [-0.05, 0) is 79.4 Å². The smallest absolute Gasteiger partial charge is 0.245 e. The highest BCUT2D eigenvalue weighted by Crippen LogP contribution is 2.26. The lowest BCUT2D eigenvalue weighted by atomic mass is 9.95. The average Bonchev–Trinajstić information content (AvgIpc) is 3.50. The monoisotopic (exact) mass is 605 g/mol. The van der Waals surface area contributed by atoms with Crippen LogP contribution in [0.5, 0.6) is 0 Å². The first-order valence-electron chi connectivity index (χ1n) is 16.8. The Bertz CT molecular complexity index is 1240. The minimum atomic E-state index is -0.705. The molecule has 2 saturated heterocycles. The molecule has 0 radical (unpaired) electrons. The zero-order chi connectivity index (χ0) is 31.2. The molecular weight excluding hydrogens is 553 g/mol. The predicted molar refractivity (Wildman–Crippen MR) is 174 cm³/mol. The molecule has 3 atom stereocenters. The number of hydrogen-bond acceptors (Lipinski definition) is 5.